The summed E-state index contributed by atoms with van der Waals surface area (Å²) >= 11 is 0. The molecule has 1 aliphatic carbocycles. The van der Waals surface area contributed by atoms with E-state index >= 15 is 0 Å². The fraction of sp³-hybridized carbons (Fsp3) is 0.769. The van der Waals surface area contributed by atoms with Crippen molar-refractivity contribution in [3.63, 3.8) is 0 Å². The van der Waals surface area contributed by atoms with E-state index in [0.29, 0.717) is 6.04 Å². The minimum atomic E-state index is -0.0921. The molecule has 3 unspecified atom stereocenters. The predicted molar refractivity (Wildman–Crippen MR) is 67.3 cm³/mol. The number of nitrogens with one attached hydrogen (secondary N) is 2. The maximum atomic E-state index is 11.8. The molecule has 0 aromatic carbocycles. The van der Waals surface area contributed by atoms with Gasteiger partial charge in [-0.05, 0) is 39.5 Å². The Morgan fingerprint density at radius 3 is 2.75 bits per heavy atom. The summed E-state index contributed by atoms with van der Waals surface area (Å²) in [5.41, 5.74) is 0. The van der Waals surface area contributed by atoms with Crippen LogP contribution < -0.4 is 10.6 Å². The molecule has 0 bridgehead atoms. The molecule has 0 heterocycles. The molecule has 1 rings (SSSR count). The summed E-state index contributed by atoms with van der Waals surface area (Å²) in [7, 11) is 0. The Bertz CT molecular complexity index is 250. The number of carbonyl (C=O) groups is 1. The van der Waals surface area contributed by atoms with Crippen molar-refractivity contribution >= 4 is 5.91 Å². The third-order valence-corrected chi connectivity index (χ3v) is 3.15. The number of hydrogen-bond acceptors (Lipinski definition) is 2. The van der Waals surface area contributed by atoms with Gasteiger partial charge < -0.3 is 10.6 Å². The van der Waals surface area contributed by atoms with Crippen molar-refractivity contribution in [2.45, 2.75) is 64.6 Å². The van der Waals surface area contributed by atoms with Gasteiger partial charge in [0.05, 0.1) is 6.04 Å². The first-order chi connectivity index (χ1) is 7.63. The standard InChI is InChI=1S/C13H24N2O/c1-4-10(2)14-13(16)11(3)15-12-8-6-5-7-9-12/h5-6,10-12,15H,4,7-9H2,1-3H3,(H,14,16). The Hall–Kier alpha value is -0.830. The van der Waals surface area contributed by atoms with Crippen LogP contribution in [0, 0.1) is 0 Å². The van der Waals surface area contributed by atoms with E-state index < -0.39 is 0 Å². The molecule has 0 saturated heterocycles. The molecule has 92 valence electrons. The lowest BCUT2D eigenvalue weighted by Crippen LogP contribution is -2.48. The predicted octanol–water partition coefficient (Wildman–Crippen LogP) is 1.99. The van der Waals surface area contributed by atoms with E-state index in [9.17, 15) is 4.79 Å². The molecule has 1 aliphatic rings. The Kier molecular flexibility index (Phi) is 5.53. The zero-order valence-electron chi connectivity index (χ0n) is 10.6. The van der Waals surface area contributed by atoms with Gasteiger partial charge in [-0.1, -0.05) is 19.1 Å². The molecule has 0 saturated carbocycles. The highest BCUT2D eigenvalue weighted by Crippen LogP contribution is 2.11. The van der Waals surface area contributed by atoms with Crippen molar-refractivity contribution in [2.24, 2.45) is 0 Å². The molecule has 0 aromatic heterocycles. The van der Waals surface area contributed by atoms with Gasteiger partial charge in [-0.15, -0.1) is 0 Å². The van der Waals surface area contributed by atoms with Gasteiger partial charge >= 0.3 is 0 Å². The number of rotatable bonds is 5. The third kappa shape index (κ3) is 4.35. The summed E-state index contributed by atoms with van der Waals surface area (Å²) in [5.74, 6) is 0.115. The van der Waals surface area contributed by atoms with Crippen molar-refractivity contribution in [2.75, 3.05) is 0 Å². The van der Waals surface area contributed by atoms with Crippen LogP contribution in [0.25, 0.3) is 0 Å². The molecule has 0 aliphatic heterocycles. The van der Waals surface area contributed by atoms with Gasteiger partial charge in [0.1, 0.15) is 0 Å². The van der Waals surface area contributed by atoms with Crippen molar-refractivity contribution < 1.29 is 4.79 Å². The maximum absolute atomic E-state index is 11.8. The van der Waals surface area contributed by atoms with Crippen LogP contribution in [0.2, 0.25) is 0 Å². The Morgan fingerprint density at radius 1 is 1.44 bits per heavy atom. The SMILES string of the molecule is CCC(C)NC(=O)C(C)NC1CC=CCC1. The second-order valence-electron chi connectivity index (χ2n) is 4.69. The summed E-state index contributed by atoms with van der Waals surface area (Å²) in [6.07, 6.45) is 8.68. The molecular formula is C13H24N2O. The van der Waals surface area contributed by atoms with Crippen LogP contribution in [0.4, 0.5) is 0 Å². The van der Waals surface area contributed by atoms with E-state index in [2.05, 4.69) is 29.7 Å². The van der Waals surface area contributed by atoms with Gasteiger partial charge in [-0.3, -0.25) is 4.79 Å². The average Bonchev–Trinajstić information content (AvgIpc) is 2.30. The second-order valence-corrected chi connectivity index (χ2v) is 4.69. The Morgan fingerprint density at radius 2 is 2.19 bits per heavy atom. The number of allylic oxidation sites excluding steroid dienone is 1. The molecule has 0 spiro atoms. The summed E-state index contributed by atoms with van der Waals surface area (Å²) in [4.78, 5) is 11.8. The van der Waals surface area contributed by atoms with Gasteiger partial charge in [-0.25, -0.2) is 0 Å². The van der Waals surface area contributed by atoms with Gasteiger partial charge in [0, 0.05) is 12.1 Å². The van der Waals surface area contributed by atoms with Crippen molar-refractivity contribution in [1.29, 1.82) is 0 Å². The monoisotopic (exact) mass is 224 g/mol. The van der Waals surface area contributed by atoms with Crippen LogP contribution in [0.5, 0.6) is 0 Å². The van der Waals surface area contributed by atoms with Crippen molar-refractivity contribution in [1.82, 2.24) is 10.6 Å². The van der Waals surface area contributed by atoms with E-state index in [-0.39, 0.29) is 18.0 Å². The van der Waals surface area contributed by atoms with Crippen LogP contribution in [0.1, 0.15) is 46.5 Å². The van der Waals surface area contributed by atoms with Gasteiger partial charge in [-0.2, -0.15) is 0 Å². The first kappa shape index (κ1) is 13.2. The fourth-order valence-corrected chi connectivity index (χ4v) is 1.84. The summed E-state index contributed by atoms with van der Waals surface area (Å²) < 4.78 is 0. The molecule has 3 atom stereocenters. The zero-order chi connectivity index (χ0) is 12.0. The smallest absolute Gasteiger partial charge is 0.237 e. The van der Waals surface area contributed by atoms with Crippen molar-refractivity contribution in [3.8, 4) is 0 Å². The Balaban J connectivity index is 2.30. The molecule has 16 heavy (non-hydrogen) atoms. The van der Waals surface area contributed by atoms with Crippen molar-refractivity contribution in [3.05, 3.63) is 12.2 Å². The lowest BCUT2D eigenvalue weighted by Gasteiger charge is -2.24. The number of carbonyl (C=O) groups excluding carboxylic acids is 1. The third-order valence-electron chi connectivity index (χ3n) is 3.15. The van der Waals surface area contributed by atoms with Crippen LogP contribution in [-0.4, -0.2) is 24.0 Å². The highest BCUT2D eigenvalue weighted by molar-refractivity contribution is 5.81. The lowest BCUT2D eigenvalue weighted by atomic mass is 10.0. The summed E-state index contributed by atoms with van der Waals surface area (Å²) in [6, 6.07) is 0.635. The zero-order valence-corrected chi connectivity index (χ0v) is 10.6. The van der Waals surface area contributed by atoms with E-state index in [1.165, 1.54) is 0 Å². The second kappa shape index (κ2) is 6.69. The molecule has 0 radical (unpaired) electrons. The molecule has 3 heteroatoms. The number of hydrogen-bond donors (Lipinski definition) is 2. The highest BCUT2D eigenvalue weighted by Gasteiger charge is 2.18. The van der Waals surface area contributed by atoms with Crippen LogP contribution in [0.3, 0.4) is 0 Å². The minimum Gasteiger partial charge on any atom is -0.352 e. The largest absolute Gasteiger partial charge is 0.352 e. The normalized spacial score (nSPS) is 23.8. The van der Waals surface area contributed by atoms with E-state index in [1.54, 1.807) is 0 Å². The van der Waals surface area contributed by atoms with Crippen LogP contribution in [-0.2, 0) is 4.79 Å². The quantitative estimate of drug-likeness (QED) is 0.701. The molecule has 0 aromatic rings. The van der Waals surface area contributed by atoms with Crippen LogP contribution >= 0.6 is 0 Å². The van der Waals surface area contributed by atoms with Crippen LogP contribution in [0.15, 0.2) is 12.2 Å². The topological polar surface area (TPSA) is 41.1 Å². The average molecular weight is 224 g/mol. The molecule has 1 amide bonds. The Labute approximate surface area is 98.7 Å². The maximum Gasteiger partial charge on any atom is 0.237 e. The van der Waals surface area contributed by atoms with E-state index in [4.69, 9.17) is 0 Å². The first-order valence-corrected chi connectivity index (χ1v) is 6.35. The molecule has 0 fully saturated rings. The first-order valence-electron chi connectivity index (χ1n) is 6.35. The van der Waals surface area contributed by atoms with Gasteiger partial charge in [0.2, 0.25) is 5.91 Å². The van der Waals surface area contributed by atoms with E-state index in [0.717, 1.165) is 25.7 Å². The molecule has 3 nitrogen and oxygen atoms in total. The molecular weight excluding hydrogens is 200 g/mol. The summed E-state index contributed by atoms with van der Waals surface area (Å²) in [6.45, 7) is 6.05. The minimum absolute atomic E-state index is 0.0921. The lowest BCUT2D eigenvalue weighted by molar-refractivity contribution is -0.123. The number of amides is 1. The highest BCUT2D eigenvalue weighted by atomic mass is 16.2. The molecule has 2 N–H and O–H groups in total. The summed E-state index contributed by atoms with van der Waals surface area (Å²) in [5, 5.41) is 6.38. The van der Waals surface area contributed by atoms with Gasteiger partial charge in [0.15, 0.2) is 0 Å². The van der Waals surface area contributed by atoms with Gasteiger partial charge in [0.25, 0.3) is 0 Å². The fourth-order valence-electron chi connectivity index (χ4n) is 1.84. The van der Waals surface area contributed by atoms with E-state index in [1.807, 2.05) is 13.8 Å².